The van der Waals surface area contributed by atoms with Gasteiger partial charge in [0.25, 0.3) is 0 Å². The van der Waals surface area contributed by atoms with Gasteiger partial charge in [-0.15, -0.1) is 13.0 Å². The van der Waals surface area contributed by atoms with Crippen molar-refractivity contribution >= 4 is 5.97 Å². The fraction of sp³-hybridized carbons (Fsp3) is 0.188. The molecule has 0 aliphatic rings. The number of nitrogens with one attached hydrogen (secondary N) is 1. The Morgan fingerprint density at radius 2 is 2.05 bits per heavy atom. The summed E-state index contributed by atoms with van der Waals surface area (Å²) >= 11 is 0. The van der Waals surface area contributed by atoms with Crippen LogP contribution in [0, 0.1) is 12.3 Å². The van der Waals surface area contributed by atoms with E-state index in [9.17, 15) is 4.79 Å². The van der Waals surface area contributed by atoms with Crippen LogP contribution in [0.5, 0.6) is 11.5 Å². The molecule has 0 unspecified atom stereocenters. The van der Waals surface area contributed by atoms with Crippen LogP contribution in [0.4, 0.5) is 0 Å². The third-order valence-electron chi connectivity index (χ3n) is 2.22. The number of benzene rings is 1. The predicted molar refractivity (Wildman–Crippen MR) is 78.4 cm³/mol. The Kier molecular flexibility index (Phi) is 6.49. The summed E-state index contributed by atoms with van der Waals surface area (Å²) in [6.45, 7) is 6.16. The zero-order chi connectivity index (χ0) is 14.8. The number of terminal acetylenes is 1. The number of rotatable bonds is 7. The molecular formula is C16H17NO3. The summed E-state index contributed by atoms with van der Waals surface area (Å²) in [5, 5.41) is 2.98. The van der Waals surface area contributed by atoms with Crippen LogP contribution in [0.25, 0.3) is 0 Å². The predicted octanol–water partition coefficient (Wildman–Crippen LogP) is 2.28. The molecule has 0 bridgehead atoms. The van der Waals surface area contributed by atoms with Gasteiger partial charge in [-0.3, -0.25) is 0 Å². The molecule has 0 saturated heterocycles. The summed E-state index contributed by atoms with van der Waals surface area (Å²) in [7, 11) is 0. The molecule has 0 amide bonds. The third kappa shape index (κ3) is 5.78. The van der Waals surface area contributed by atoms with E-state index in [1.54, 1.807) is 37.3 Å². The standard InChI is InChI=1S/C16H17NO3/c1-4-10-17-13(3)12-16(18)20-15-8-6-14(7-9-15)19-11-5-2/h2,4,6-9,12,17H,1,10-11H2,3H3. The molecule has 104 valence electrons. The number of carbonyl (C=O) groups is 1. The van der Waals surface area contributed by atoms with Gasteiger partial charge in [0.1, 0.15) is 18.1 Å². The van der Waals surface area contributed by atoms with Crippen LogP contribution in [-0.2, 0) is 4.79 Å². The molecule has 1 aromatic carbocycles. The lowest BCUT2D eigenvalue weighted by Crippen LogP contribution is -2.14. The normalized spacial score (nSPS) is 10.3. The first-order valence-corrected chi connectivity index (χ1v) is 6.07. The minimum absolute atomic E-state index is 0.204. The molecule has 4 heteroatoms. The second kappa shape index (κ2) is 8.44. The van der Waals surface area contributed by atoms with Crippen molar-refractivity contribution in [2.24, 2.45) is 0 Å². The first-order valence-electron chi connectivity index (χ1n) is 6.07. The Morgan fingerprint density at radius 1 is 1.40 bits per heavy atom. The highest BCUT2D eigenvalue weighted by molar-refractivity contribution is 5.84. The van der Waals surface area contributed by atoms with E-state index < -0.39 is 5.97 Å². The number of esters is 1. The van der Waals surface area contributed by atoms with Gasteiger partial charge in [0.05, 0.1) is 0 Å². The van der Waals surface area contributed by atoms with Gasteiger partial charge in [0.2, 0.25) is 0 Å². The molecule has 0 heterocycles. The van der Waals surface area contributed by atoms with E-state index in [-0.39, 0.29) is 6.61 Å². The smallest absolute Gasteiger partial charge is 0.337 e. The fourth-order valence-electron chi connectivity index (χ4n) is 1.34. The van der Waals surface area contributed by atoms with Crippen LogP contribution in [0.15, 0.2) is 48.7 Å². The molecule has 1 rings (SSSR count). The van der Waals surface area contributed by atoms with Crippen molar-refractivity contribution in [3.05, 3.63) is 48.7 Å². The van der Waals surface area contributed by atoms with E-state index in [2.05, 4.69) is 17.8 Å². The zero-order valence-electron chi connectivity index (χ0n) is 11.4. The molecule has 0 radical (unpaired) electrons. The Labute approximate surface area is 119 Å². The molecule has 1 N–H and O–H groups in total. The van der Waals surface area contributed by atoms with Gasteiger partial charge in [0, 0.05) is 18.3 Å². The van der Waals surface area contributed by atoms with Crippen molar-refractivity contribution in [1.29, 1.82) is 0 Å². The molecule has 0 aliphatic carbocycles. The molecular weight excluding hydrogens is 254 g/mol. The van der Waals surface area contributed by atoms with Crippen molar-refractivity contribution in [2.75, 3.05) is 13.2 Å². The van der Waals surface area contributed by atoms with Gasteiger partial charge in [0.15, 0.2) is 0 Å². The summed E-state index contributed by atoms with van der Waals surface area (Å²) in [4.78, 5) is 11.6. The number of hydrogen-bond donors (Lipinski definition) is 1. The quantitative estimate of drug-likeness (QED) is 0.272. The Hall–Kier alpha value is -2.67. The monoisotopic (exact) mass is 271 g/mol. The molecule has 0 aliphatic heterocycles. The van der Waals surface area contributed by atoms with Gasteiger partial charge < -0.3 is 14.8 Å². The SMILES string of the molecule is C#CCOc1ccc(OC(=O)C=C(C)NCC=C)cc1. The minimum atomic E-state index is -0.448. The van der Waals surface area contributed by atoms with E-state index >= 15 is 0 Å². The maximum absolute atomic E-state index is 11.6. The van der Waals surface area contributed by atoms with Gasteiger partial charge in [-0.1, -0.05) is 12.0 Å². The molecule has 0 saturated carbocycles. The number of carbonyl (C=O) groups excluding carboxylic acids is 1. The third-order valence-corrected chi connectivity index (χ3v) is 2.22. The number of ether oxygens (including phenoxy) is 2. The number of allylic oxidation sites excluding steroid dienone is 1. The maximum atomic E-state index is 11.6. The van der Waals surface area contributed by atoms with Gasteiger partial charge in [-0.25, -0.2) is 4.79 Å². The Balaban J connectivity index is 2.53. The van der Waals surface area contributed by atoms with Crippen LogP contribution in [0.1, 0.15) is 6.92 Å². The van der Waals surface area contributed by atoms with Crippen LogP contribution in [0.2, 0.25) is 0 Å². The first-order chi connectivity index (χ1) is 9.65. The second-order valence-electron chi connectivity index (χ2n) is 3.88. The molecule has 0 atom stereocenters. The van der Waals surface area contributed by atoms with Crippen LogP contribution in [0.3, 0.4) is 0 Å². The summed E-state index contributed by atoms with van der Waals surface area (Å²) in [6, 6.07) is 6.66. The summed E-state index contributed by atoms with van der Waals surface area (Å²) in [5.74, 6) is 2.99. The van der Waals surface area contributed by atoms with Gasteiger partial charge in [-0.05, 0) is 31.2 Å². The summed E-state index contributed by atoms with van der Waals surface area (Å²) in [6.07, 6.45) is 8.18. The lowest BCUT2D eigenvalue weighted by molar-refractivity contribution is -0.129. The van der Waals surface area contributed by atoms with Crippen molar-refractivity contribution in [2.45, 2.75) is 6.92 Å². The van der Waals surface area contributed by atoms with Crippen LogP contribution >= 0.6 is 0 Å². The molecule has 20 heavy (non-hydrogen) atoms. The lowest BCUT2D eigenvalue weighted by Gasteiger charge is -2.05. The average molecular weight is 271 g/mol. The van der Waals surface area contributed by atoms with E-state index in [1.807, 2.05) is 0 Å². The van der Waals surface area contributed by atoms with Gasteiger partial charge in [-0.2, -0.15) is 0 Å². The van der Waals surface area contributed by atoms with Crippen LogP contribution in [-0.4, -0.2) is 19.1 Å². The van der Waals surface area contributed by atoms with E-state index in [0.29, 0.717) is 23.7 Å². The molecule has 0 fully saturated rings. The highest BCUT2D eigenvalue weighted by Crippen LogP contribution is 2.17. The molecule has 4 nitrogen and oxygen atoms in total. The fourth-order valence-corrected chi connectivity index (χ4v) is 1.34. The summed E-state index contributed by atoms with van der Waals surface area (Å²) < 4.78 is 10.4. The second-order valence-corrected chi connectivity index (χ2v) is 3.88. The largest absolute Gasteiger partial charge is 0.481 e. The zero-order valence-corrected chi connectivity index (χ0v) is 11.4. The molecule has 1 aromatic rings. The van der Waals surface area contributed by atoms with Crippen molar-refractivity contribution < 1.29 is 14.3 Å². The first kappa shape index (κ1) is 15.4. The molecule has 0 aromatic heterocycles. The molecule has 0 spiro atoms. The topological polar surface area (TPSA) is 47.6 Å². The summed E-state index contributed by atoms with van der Waals surface area (Å²) in [5.41, 5.74) is 0.712. The highest BCUT2D eigenvalue weighted by Gasteiger charge is 2.02. The Bertz CT molecular complexity index is 524. The average Bonchev–Trinajstić information content (AvgIpc) is 2.44. The number of hydrogen-bond acceptors (Lipinski definition) is 4. The minimum Gasteiger partial charge on any atom is -0.481 e. The maximum Gasteiger partial charge on any atom is 0.337 e. The van der Waals surface area contributed by atoms with Crippen LogP contribution < -0.4 is 14.8 Å². The van der Waals surface area contributed by atoms with Gasteiger partial charge >= 0.3 is 5.97 Å². The van der Waals surface area contributed by atoms with E-state index in [0.717, 1.165) is 0 Å². The Morgan fingerprint density at radius 3 is 2.65 bits per heavy atom. The van der Waals surface area contributed by atoms with E-state index in [1.165, 1.54) is 6.08 Å². The van der Waals surface area contributed by atoms with E-state index in [4.69, 9.17) is 15.9 Å². The van der Waals surface area contributed by atoms with Crippen molar-refractivity contribution in [1.82, 2.24) is 5.32 Å². The lowest BCUT2D eigenvalue weighted by atomic mass is 10.3. The highest BCUT2D eigenvalue weighted by atomic mass is 16.5. The van der Waals surface area contributed by atoms with Crippen molar-refractivity contribution in [3.8, 4) is 23.8 Å². The van der Waals surface area contributed by atoms with Crippen molar-refractivity contribution in [3.63, 3.8) is 0 Å².